The summed E-state index contributed by atoms with van der Waals surface area (Å²) in [5.41, 5.74) is 1.87. The van der Waals surface area contributed by atoms with Crippen LogP contribution in [0.3, 0.4) is 0 Å². The van der Waals surface area contributed by atoms with E-state index in [2.05, 4.69) is 12.2 Å². The third-order valence-corrected chi connectivity index (χ3v) is 2.82. The number of benzene rings is 1. The molecule has 0 spiro atoms. The van der Waals surface area contributed by atoms with Crippen LogP contribution in [0.5, 0.6) is 0 Å². The summed E-state index contributed by atoms with van der Waals surface area (Å²) in [6.45, 7) is 4.82. The van der Waals surface area contributed by atoms with Gasteiger partial charge in [0.15, 0.2) is 0 Å². The lowest BCUT2D eigenvalue weighted by Gasteiger charge is -2.11. The van der Waals surface area contributed by atoms with Gasteiger partial charge < -0.3 is 15.2 Å². The molecule has 0 amide bonds. The first-order chi connectivity index (χ1) is 9.17. The predicted octanol–water partition coefficient (Wildman–Crippen LogP) is 2.89. The fraction of sp³-hybridized carbons (Fsp3) is 0.533. The second kappa shape index (κ2) is 8.53. The normalized spacial score (nSPS) is 11.9. The lowest BCUT2D eigenvalue weighted by Crippen LogP contribution is -2.11. The molecule has 0 aromatic heterocycles. The van der Waals surface area contributed by atoms with Crippen molar-refractivity contribution in [3.05, 3.63) is 29.8 Å². The number of ether oxygens (including phenoxy) is 1. The Balaban J connectivity index is 2.38. The van der Waals surface area contributed by atoms with Crippen molar-refractivity contribution in [1.82, 2.24) is 0 Å². The molecular weight excluding hydrogens is 242 g/mol. The molecule has 0 aliphatic carbocycles. The number of aliphatic hydroxyl groups is 1. The summed E-state index contributed by atoms with van der Waals surface area (Å²) >= 11 is 0. The van der Waals surface area contributed by atoms with Crippen LogP contribution < -0.4 is 5.32 Å². The molecule has 4 nitrogen and oxygen atoms in total. The minimum atomic E-state index is -0.390. The highest BCUT2D eigenvalue weighted by Gasteiger charge is 2.06. The van der Waals surface area contributed by atoms with Gasteiger partial charge in [0.05, 0.1) is 19.1 Å². The number of hydrogen-bond acceptors (Lipinski definition) is 4. The van der Waals surface area contributed by atoms with Gasteiger partial charge in [0, 0.05) is 12.2 Å². The van der Waals surface area contributed by atoms with E-state index >= 15 is 0 Å². The van der Waals surface area contributed by atoms with Crippen LogP contribution in [0.1, 0.15) is 44.8 Å². The second-order valence-electron chi connectivity index (χ2n) is 4.41. The number of esters is 1. The molecular formula is C15H23NO3. The second-order valence-corrected chi connectivity index (χ2v) is 4.41. The first kappa shape index (κ1) is 15.5. The van der Waals surface area contributed by atoms with Gasteiger partial charge in [-0.15, -0.1) is 0 Å². The van der Waals surface area contributed by atoms with Crippen LogP contribution in [0.25, 0.3) is 0 Å². The van der Waals surface area contributed by atoms with Crippen LogP contribution in [-0.2, 0) is 9.53 Å². The zero-order valence-electron chi connectivity index (χ0n) is 11.7. The Labute approximate surface area is 114 Å². The van der Waals surface area contributed by atoms with E-state index in [0.29, 0.717) is 19.6 Å². The highest BCUT2D eigenvalue weighted by molar-refractivity contribution is 5.70. The number of rotatable bonds is 8. The topological polar surface area (TPSA) is 58.6 Å². The van der Waals surface area contributed by atoms with Crippen LogP contribution in [0, 0.1) is 0 Å². The van der Waals surface area contributed by atoms with Crippen molar-refractivity contribution in [1.29, 1.82) is 0 Å². The molecule has 0 fully saturated rings. The summed E-state index contributed by atoms with van der Waals surface area (Å²) in [6, 6.07) is 7.65. The molecule has 0 heterocycles. The first-order valence-corrected chi connectivity index (χ1v) is 6.84. The molecule has 1 atom stereocenters. The average Bonchev–Trinajstić information content (AvgIpc) is 2.40. The van der Waals surface area contributed by atoms with Crippen molar-refractivity contribution < 1.29 is 14.6 Å². The molecule has 0 saturated carbocycles. The molecule has 0 aliphatic rings. The fourth-order valence-corrected chi connectivity index (χ4v) is 1.81. The van der Waals surface area contributed by atoms with Gasteiger partial charge in [-0.05, 0) is 31.0 Å². The van der Waals surface area contributed by atoms with E-state index in [1.54, 1.807) is 6.92 Å². The van der Waals surface area contributed by atoms with Gasteiger partial charge in [0.2, 0.25) is 0 Å². The lowest BCUT2D eigenvalue weighted by molar-refractivity contribution is -0.142. The van der Waals surface area contributed by atoms with Gasteiger partial charge in [-0.1, -0.05) is 25.5 Å². The van der Waals surface area contributed by atoms with Crippen molar-refractivity contribution in [3.63, 3.8) is 0 Å². The summed E-state index contributed by atoms with van der Waals surface area (Å²) in [7, 11) is 0. The first-order valence-electron chi connectivity index (χ1n) is 6.84. The molecule has 1 rings (SSSR count). The minimum Gasteiger partial charge on any atom is -0.466 e. The number of anilines is 1. The Kier molecular flexibility index (Phi) is 6.97. The highest BCUT2D eigenvalue weighted by Crippen LogP contribution is 2.20. The Morgan fingerprint density at radius 2 is 2.00 bits per heavy atom. The summed E-state index contributed by atoms with van der Waals surface area (Å²) < 4.78 is 4.85. The van der Waals surface area contributed by atoms with Crippen LogP contribution in [0.2, 0.25) is 0 Å². The van der Waals surface area contributed by atoms with E-state index in [9.17, 15) is 9.90 Å². The minimum absolute atomic E-state index is 0.190. The van der Waals surface area contributed by atoms with Gasteiger partial charge in [-0.2, -0.15) is 0 Å². The summed E-state index contributed by atoms with van der Waals surface area (Å²) in [5, 5.41) is 13.0. The van der Waals surface area contributed by atoms with Crippen LogP contribution >= 0.6 is 0 Å². The van der Waals surface area contributed by atoms with Gasteiger partial charge >= 0.3 is 5.97 Å². The molecule has 1 aromatic rings. The van der Waals surface area contributed by atoms with Crippen molar-refractivity contribution in [2.24, 2.45) is 0 Å². The van der Waals surface area contributed by atoms with Gasteiger partial charge in [0.25, 0.3) is 0 Å². The van der Waals surface area contributed by atoms with E-state index in [1.165, 1.54) is 0 Å². The van der Waals surface area contributed by atoms with Gasteiger partial charge in [-0.25, -0.2) is 0 Å². The molecule has 0 saturated heterocycles. The molecule has 4 heteroatoms. The van der Waals surface area contributed by atoms with Crippen LogP contribution in [0.15, 0.2) is 24.3 Å². The monoisotopic (exact) mass is 265 g/mol. The van der Waals surface area contributed by atoms with E-state index < -0.39 is 6.10 Å². The number of nitrogens with one attached hydrogen (secondary N) is 1. The zero-order chi connectivity index (χ0) is 14.1. The molecule has 1 unspecified atom stereocenters. The number of carbonyl (C=O) groups excluding carboxylic acids is 1. The maximum Gasteiger partial charge on any atom is 0.307 e. The Morgan fingerprint density at radius 3 is 2.58 bits per heavy atom. The highest BCUT2D eigenvalue weighted by atomic mass is 16.5. The summed E-state index contributed by atoms with van der Waals surface area (Å²) in [4.78, 5) is 11.2. The summed E-state index contributed by atoms with van der Waals surface area (Å²) in [6.07, 6.45) is 1.70. The largest absolute Gasteiger partial charge is 0.466 e. The smallest absolute Gasteiger partial charge is 0.307 e. The number of hydrogen-bond donors (Lipinski definition) is 2. The van der Waals surface area contributed by atoms with E-state index in [1.807, 2.05) is 24.3 Å². The molecule has 0 bridgehead atoms. The third kappa shape index (κ3) is 5.75. The van der Waals surface area contributed by atoms with Crippen LogP contribution in [0.4, 0.5) is 5.69 Å². The molecule has 1 aromatic carbocycles. The summed E-state index contributed by atoms with van der Waals surface area (Å²) in [5.74, 6) is -0.190. The van der Waals surface area contributed by atoms with Gasteiger partial charge in [-0.3, -0.25) is 4.79 Å². The van der Waals surface area contributed by atoms with Crippen molar-refractivity contribution in [2.45, 2.75) is 39.2 Å². The Bertz CT molecular complexity index is 375. The fourth-order valence-electron chi connectivity index (χ4n) is 1.81. The van der Waals surface area contributed by atoms with Crippen molar-refractivity contribution in [3.8, 4) is 0 Å². The maximum atomic E-state index is 11.2. The van der Waals surface area contributed by atoms with Crippen molar-refractivity contribution >= 4 is 11.7 Å². The number of aliphatic hydroxyl groups excluding tert-OH is 1. The van der Waals surface area contributed by atoms with E-state index in [-0.39, 0.29) is 5.97 Å². The quantitative estimate of drug-likeness (QED) is 0.710. The lowest BCUT2D eigenvalue weighted by atomic mass is 10.1. The van der Waals surface area contributed by atoms with E-state index in [0.717, 1.165) is 24.1 Å². The number of carbonyl (C=O) groups is 1. The molecule has 0 radical (unpaired) electrons. The molecule has 106 valence electrons. The predicted molar refractivity (Wildman–Crippen MR) is 76.0 cm³/mol. The Morgan fingerprint density at radius 1 is 1.32 bits per heavy atom. The third-order valence-electron chi connectivity index (χ3n) is 2.82. The molecule has 19 heavy (non-hydrogen) atoms. The zero-order valence-corrected chi connectivity index (χ0v) is 11.7. The van der Waals surface area contributed by atoms with Crippen LogP contribution in [-0.4, -0.2) is 24.2 Å². The average molecular weight is 265 g/mol. The SMILES string of the molecule is CCCC(O)c1ccc(NCCC(=O)OCC)cc1. The Hall–Kier alpha value is -1.55. The standard InChI is InChI=1S/C15H23NO3/c1-3-5-14(17)12-6-8-13(9-7-12)16-11-10-15(18)19-4-2/h6-9,14,16-17H,3-5,10-11H2,1-2H3. The maximum absolute atomic E-state index is 11.2. The molecule has 2 N–H and O–H groups in total. The molecule has 0 aliphatic heterocycles. The van der Waals surface area contributed by atoms with Gasteiger partial charge in [0.1, 0.15) is 0 Å². The van der Waals surface area contributed by atoms with Crippen molar-refractivity contribution in [2.75, 3.05) is 18.5 Å². The van der Waals surface area contributed by atoms with E-state index in [4.69, 9.17) is 4.74 Å².